The van der Waals surface area contributed by atoms with Crippen molar-refractivity contribution in [2.24, 2.45) is 11.1 Å². The zero-order valence-corrected chi connectivity index (χ0v) is 18.0. The molecule has 0 bridgehead atoms. The third-order valence-corrected chi connectivity index (χ3v) is 5.41. The van der Waals surface area contributed by atoms with Gasteiger partial charge in [0.25, 0.3) is 5.91 Å². The highest BCUT2D eigenvalue weighted by molar-refractivity contribution is 5.79. The van der Waals surface area contributed by atoms with Crippen molar-refractivity contribution in [2.75, 3.05) is 11.9 Å². The van der Waals surface area contributed by atoms with Gasteiger partial charge in [0.15, 0.2) is 0 Å². The van der Waals surface area contributed by atoms with Gasteiger partial charge >= 0.3 is 0 Å². The third kappa shape index (κ3) is 5.40. The number of nitrogens with zero attached hydrogens (tertiary/aromatic N) is 5. The fraction of sp³-hybridized carbons (Fsp3) is 0.261. The lowest BCUT2D eigenvalue weighted by molar-refractivity contribution is -0.118. The number of halogens is 1. The van der Waals surface area contributed by atoms with E-state index in [1.165, 1.54) is 12.1 Å². The van der Waals surface area contributed by atoms with E-state index in [0.29, 0.717) is 41.5 Å². The summed E-state index contributed by atoms with van der Waals surface area (Å²) in [6, 6.07) is 8.14. The summed E-state index contributed by atoms with van der Waals surface area (Å²) in [5.41, 5.74) is 3.56. The number of aromatic amines is 1. The van der Waals surface area contributed by atoms with Crippen molar-refractivity contribution < 1.29 is 9.18 Å². The first-order valence-corrected chi connectivity index (χ1v) is 10.6. The molecule has 10 heteroatoms. The topological polar surface area (TPSA) is 126 Å². The van der Waals surface area contributed by atoms with Gasteiger partial charge in [0.2, 0.25) is 5.95 Å². The Morgan fingerprint density at radius 3 is 2.61 bits per heavy atom. The van der Waals surface area contributed by atoms with Crippen molar-refractivity contribution in [3.8, 4) is 22.6 Å². The molecule has 0 saturated heterocycles. The van der Waals surface area contributed by atoms with E-state index in [9.17, 15) is 14.1 Å². The second-order valence-electron chi connectivity index (χ2n) is 7.65. The number of anilines is 1. The SMILES string of the molecule is CCC(CCNc1ncc(-c2ccc(-c3nc4ccc(F)cc4[nH]3)cn2)cn1)CC(=O)N=O. The number of amides is 1. The predicted octanol–water partition coefficient (Wildman–Crippen LogP) is 4.73. The molecule has 0 saturated carbocycles. The molecule has 0 spiro atoms. The summed E-state index contributed by atoms with van der Waals surface area (Å²) in [5.74, 6) is 0.242. The monoisotopic (exact) mass is 447 g/mol. The van der Waals surface area contributed by atoms with Gasteiger partial charge in [-0.1, -0.05) is 13.3 Å². The molecule has 0 aliphatic rings. The number of nitroso groups, excluding NO2 is 1. The van der Waals surface area contributed by atoms with Crippen LogP contribution in [0.1, 0.15) is 26.2 Å². The molecule has 1 aromatic carbocycles. The largest absolute Gasteiger partial charge is 0.354 e. The second-order valence-corrected chi connectivity index (χ2v) is 7.65. The van der Waals surface area contributed by atoms with Crippen LogP contribution in [0, 0.1) is 16.6 Å². The summed E-state index contributed by atoms with van der Waals surface area (Å²) in [6.07, 6.45) is 6.70. The van der Waals surface area contributed by atoms with E-state index in [-0.39, 0.29) is 18.2 Å². The highest BCUT2D eigenvalue weighted by Crippen LogP contribution is 2.23. The van der Waals surface area contributed by atoms with E-state index in [4.69, 9.17) is 0 Å². The second kappa shape index (κ2) is 10.0. The van der Waals surface area contributed by atoms with Crippen molar-refractivity contribution in [1.82, 2.24) is 24.9 Å². The summed E-state index contributed by atoms with van der Waals surface area (Å²) >= 11 is 0. The van der Waals surface area contributed by atoms with Crippen LogP contribution in [0.5, 0.6) is 0 Å². The number of benzene rings is 1. The first-order valence-electron chi connectivity index (χ1n) is 10.6. The Balaban J connectivity index is 1.37. The number of hydrogen-bond donors (Lipinski definition) is 2. The molecular weight excluding hydrogens is 425 g/mol. The molecule has 9 nitrogen and oxygen atoms in total. The highest BCUT2D eigenvalue weighted by Gasteiger charge is 2.13. The Bertz CT molecular complexity index is 1260. The van der Waals surface area contributed by atoms with E-state index in [1.54, 1.807) is 24.7 Å². The minimum Gasteiger partial charge on any atom is -0.354 e. The predicted molar refractivity (Wildman–Crippen MR) is 123 cm³/mol. The highest BCUT2D eigenvalue weighted by atomic mass is 19.1. The standard InChI is InChI=1S/C23H22FN7O2/c1-2-14(9-21(32)31-33)7-8-25-23-27-12-16(13-28-23)18-5-3-15(11-26-18)22-29-19-6-4-17(24)10-20(19)30-22/h3-6,10-14H,2,7-9H2,1H3,(H,29,30)(H,25,27,28). The average Bonchev–Trinajstić information content (AvgIpc) is 3.27. The smallest absolute Gasteiger partial charge is 0.286 e. The summed E-state index contributed by atoms with van der Waals surface area (Å²) in [6.45, 7) is 2.55. The van der Waals surface area contributed by atoms with Gasteiger partial charge in [0, 0.05) is 47.9 Å². The minimum absolute atomic E-state index is 0.0930. The Kier molecular flexibility index (Phi) is 6.72. The Morgan fingerprint density at radius 1 is 1.12 bits per heavy atom. The molecule has 4 rings (SSSR count). The quantitative estimate of drug-likeness (QED) is 0.355. The molecule has 1 atom stereocenters. The lowest BCUT2D eigenvalue weighted by Crippen LogP contribution is -2.13. The Morgan fingerprint density at radius 2 is 1.91 bits per heavy atom. The molecule has 0 aliphatic carbocycles. The maximum Gasteiger partial charge on any atom is 0.286 e. The van der Waals surface area contributed by atoms with E-state index in [1.807, 2.05) is 19.1 Å². The molecule has 0 radical (unpaired) electrons. The van der Waals surface area contributed by atoms with Crippen molar-refractivity contribution in [3.05, 3.63) is 59.6 Å². The summed E-state index contributed by atoms with van der Waals surface area (Å²) in [5, 5.41) is 5.58. The molecule has 33 heavy (non-hydrogen) atoms. The normalized spacial score (nSPS) is 11.9. The van der Waals surface area contributed by atoms with Crippen LogP contribution in [0.3, 0.4) is 0 Å². The maximum absolute atomic E-state index is 13.4. The molecule has 168 valence electrons. The molecule has 3 heterocycles. The van der Waals surface area contributed by atoms with Crippen LogP contribution < -0.4 is 5.32 Å². The van der Waals surface area contributed by atoms with Crippen LogP contribution in [-0.4, -0.2) is 37.4 Å². The molecule has 4 aromatic rings. The van der Waals surface area contributed by atoms with Crippen LogP contribution in [0.25, 0.3) is 33.7 Å². The molecule has 1 unspecified atom stereocenters. The number of nitrogens with one attached hydrogen (secondary N) is 2. The van der Waals surface area contributed by atoms with Gasteiger partial charge in [0.05, 0.1) is 16.7 Å². The van der Waals surface area contributed by atoms with Crippen LogP contribution >= 0.6 is 0 Å². The van der Waals surface area contributed by atoms with Crippen LogP contribution in [0.15, 0.2) is 54.1 Å². The van der Waals surface area contributed by atoms with Crippen molar-refractivity contribution >= 4 is 22.9 Å². The zero-order chi connectivity index (χ0) is 23.2. The first-order chi connectivity index (χ1) is 16.1. The first kappa shape index (κ1) is 22.1. The average molecular weight is 447 g/mol. The van der Waals surface area contributed by atoms with Crippen molar-refractivity contribution in [3.63, 3.8) is 0 Å². The number of fused-ring (bicyclic) bond motifs is 1. The zero-order valence-electron chi connectivity index (χ0n) is 18.0. The number of rotatable bonds is 9. The fourth-order valence-corrected chi connectivity index (χ4v) is 3.50. The number of imidazole rings is 1. The van der Waals surface area contributed by atoms with E-state index >= 15 is 0 Å². The van der Waals surface area contributed by atoms with Gasteiger partial charge < -0.3 is 10.3 Å². The van der Waals surface area contributed by atoms with Gasteiger partial charge in [-0.3, -0.25) is 9.78 Å². The molecule has 0 fully saturated rings. The lowest BCUT2D eigenvalue weighted by Gasteiger charge is -2.12. The third-order valence-electron chi connectivity index (χ3n) is 5.41. The maximum atomic E-state index is 13.4. The van der Waals surface area contributed by atoms with Gasteiger partial charge in [-0.15, -0.1) is 4.91 Å². The number of hydrogen-bond acceptors (Lipinski definition) is 7. The van der Waals surface area contributed by atoms with Crippen LogP contribution in [-0.2, 0) is 4.79 Å². The number of H-pyrrole nitrogens is 1. The van der Waals surface area contributed by atoms with Crippen LogP contribution in [0.2, 0.25) is 0 Å². The number of carbonyl (C=O) groups is 1. The van der Waals surface area contributed by atoms with Crippen LogP contribution in [0.4, 0.5) is 10.3 Å². The molecule has 0 aliphatic heterocycles. The van der Waals surface area contributed by atoms with Gasteiger partial charge in [0.1, 0.15) is 11.6 Å². The molecule has 1 amide bonds. The van der Waals surface area contributed by atoms with Gasteiger partial charge in [-0.2, -0.15) is 0 Å². The summed E-state index contributed by atoms with van der Waals surface area (Å²) in [7, 11) is 0. The minimum atomic E-state index is -0.616. The van der Waals surface area contributed by atoms with E-state index < -0.39 is 5.91 Å². The van der Waals surface area contributed by atoms with Gasteiger partial charge in [-0.05, 0) is 42.7 Å². The molecule has 3 aromatic heterocycles. The summed E-state index contributed by atoms with van der Waals surface area (Å²) in [4.78, 5) is 42.2. The van der Waals surface area contributed by atoms with Crippen molar-refractivity contribution in [2.45, 2.75) is 26.2 Å². The Labute approximate surface area is 188 Å². The Hall–Kier alpha value is -4.08. The van der Waals surface area contributed by atoms with Gasteiger partial charge in [-0.25, -0.2) is 19.3 Å². The summed E-state index contributed by atoms with van der Waals surface area (Å²) < 4.78 is 13.4. The fourth-order valence-electron chi connectivity index (χ4n) is 3.50. The number of aromatic nitrogens is 5. The number of pyridine rings is 1. The molecule has 2 N–H and O–H groups in total. The van der Waals surface area contributed by atoms with E-state index in [0.717, 1.165) is 17.5 Å². The van der Waals surface area contributed by atoms with E-state index in [2.05, 4.69) is 35.4 Å². The molecular formula is C23H22FN7O2. The lowest BCUT2D eigenvalue weighted by atomic mass is 9.98. The van der Waals surface area contributed by atoms with Crippen molar-refractivity contribution in [1.29, 1.82) is 0 Å². The number of carbonyl (C=O) groups excluding carboxylic acids is 1.